The van der Waals surface area contributed by atoms with Crippen molar-refractivity contribution >= 4 is 45.7 Å². The molecule has 0 aliphatic carbocycles. The van der Waals surface area contributed by atoms with Crippen LogP contribution < -0.4 is 20.1 Å². The fraction of sp³-hybridized carbons (Fsp3) is 0.0938. The maximum absolute atomic E-state index is 13.6. The first-order chi connectivity index (χ1) is 20.4. The van der Waals surface area contributed by atoms with Gasteiger partial charge < -0.3 is 20.1 Å². The second-order valence-corrected chi connectivity index (χ2v) is 11.0. The van der Waals surface area contributed by atoms with E-state index < -0.39 is 5.25 Å². The minimum absolute atomic E-state index is 0.251. The topological polar surface area (TPSA) is 89.5 Å². The van der Waals surface area contributed by atoms with Gasteiger partial charge in [-0.3, -0.25) is 9.59 Å². The van der Waals surface area contributed by atoms with Gasteiger partial charge >= 0.3 is 0 Å². The van der Waals surface area contributed by atoms with Crippen molar-refractivity contribution in [2.45, 2.75) is 10.1 Å². The van der Waals surface area contributed by atoms with Gasteiger partial charge in [-0.2, -0.15) is 0 Å². The lowest BCUT2D eigenvalue weighted by atomic mass is 10.1. The van der Waals surface area contributed by atoms with Crippen molar-refractivity contribution < 1.29 is 23.5 Å². The molecule has 7 nitrogen and oxygen atoms in total. The standard InChI is InChI=1S/C32H26FN3O4S2/c1-39-26-12-7-13-27(40-2)28(26)30(37)34-23-10-6-11-24(18-23)42-29(21-8-4-3-5-9-21)31(38)36-32-35-25(19-41-32)20-14-16-22(33)17-15-20/h3-19,29H,1-2H3,(H,34,37)(H,35,36,38). The third-order valence-corrected chi connectivity index (χ3v) is 8.22. The summed E-state index contributed by atoms with van der Waals surface area (Å²) < 4.78 is 24.1. The number of ether oxygens (including phenoxy) is 2. The number of hydrogen-bond donors (Lipinski definition) is 2. The number of thioether (sulfide) groups is 1. The number of methoxy groups -OCH3 is 2. The average molecular weight is 600 g/mol. The monoisotopic (exact) mass is 599 g/mol. The molecule has 0 radical (unpaired) electrons. The third-order valence-electron chi connectivity index (χ3n) is 6.22. The Hall–Kier alpha value is -4.67. The second kappa shape index (κ2) is 13.3. The molecule has 1 heterocycles. The largest absolute Gasteiger partial charge is 0.496 e. The van der Waals surface area contributed by atoms with E-state index in [1.54, 1.807) is 36.4 Å². The highest BCUT2D eigenvalue weighted by molar-refractivity contribution is 8.00. The van der Waals surface area contributed by atoms with Gasteiger partial charge in [0, 0.05) is 21.5 Å². The SMILES string of the molecule is COc1cccc(OC)c1C(=O)Nc1cccc(SC(C(=O)Nc2nc(-c3ccc(F)cc3)cs2)c2ccccc2)c1. The van der Waals surface area contributed by atoms with Crippen molar-refractivity contribution in [1.29, 1.82) is 0 Å². The number of nitrogens with zero attached hydrogens (tertiary/aromatic N) is 1. The van der Waals surface area contributed by atoms with Crippen LogP contribution in [0.2, 0.25) is 0 Å². The number of halogens is 1. The van der Waals surface area contributed by atoms with Crippen LogP contribution in [-0.2, 0) is 4.79 Å². The number of anilines is 2. The lowest BCUT2D eigenvalue weighted by molar-refractivity contribution is -0.115. The van der Waals surface area contributed by atoms with Crippen molar-refractivity contribution in [1.82, 2.24) is 4.98 Å². The molecular formula is C32H26FN3O4S2. The Kier molecular flexibility index (Phi) is 9.15. The Morgan fingerprint density at radius 1 is 0.857 bits per heavy atom. The summed E-state index contributed by atoms with van der Waals surface area (Å²) in [6.07, 6.45) is 0. The Morgan fingerprint density at radius 2 is 1.55 bits per heavy atom. The Balaban J connectivity index is 1.35. The maximum Gasteiger partial charge on any atom is 0.263 e. The van der Waals surface area contributed by atoms with E-state index in [9.17, 15) is 14.0 Å². The summed E-state index contributed by atoms with van der Waals surface area (Å²) in [5, 5.41) is 7.49. The lowest BCUT2D eigenvalue weighted by Gasteiger charge is -2.17. The summed E-state index contributed by atoms with van der Waals surface area (Å²) in [7, 11) is 2.99. The highest BCUT2D eigenvalue weighted by Gasteiger charge is 2.24. The van der Waals surface area contributed by atoms with Gasteiger partial charge in [-0.1, -0.05) is 42.5 Å². The van der Waals surface area contributed by atoms with Crippen LogP contribution in [0, 0.1) is 5.82 Å². The molecule has 212 valence electrons. The summed E-state index contributed by atoms with van der Waals surface area (Å²) >= 11 is 2.64. The van der Waals surface area contributed by atoms with Crippen LogP contribution in [0.4, 0.5) is 15.2 Å². The average Bonchev–Trinajstić information content (AvgIpc) is 3.48. The van der Waals surface area contributed by atoms with Gasteiger partial charge in [0.15, 0.2) is 5.13 Å². The van der Waals surface area contributed by atoms with E-state index in [-0.39, 0.29) is 23.2 Å². The van der Waals surface area contributed by atoms with Crippen LogP contribution in [0.25, 0.3) is 11.3 Å². The highest BCUT2D eigenvalue weighted by atomic mass is 32.2. The number of benzene rings is 4. The molecule has 5 rings (SSSR count). The van der Waals surface area contributed by atoms with Crippen LogP contribution in [0.3, 0.4) is 0 Å². The van der Waals surface area contributed by atoms with Crippen molar-refractivity contribution in [2.24, 2.45) is 0 Å². The number of carbonyl (C=O) groups is 2. The molecule has 10 heteroatoms. The van der Waals surface area contributed by atoms with Crippen LogP contribution >= 0.6 is 23.1 Å². The predicted octanol–water partition coefficient (Wildman–Crippen LogP) is 7.69. The quantitative estimate of drug-likeness (QED) is 0.160. The van der Waals surface area contributed by atoms with E-state index in [0.29, 0.717) is 28.0 Å². The highest BCUT2D eigenvalue weighted by Crippen LogP contribution is 2.38. The van der Waals surface area contributed by atoms with E-state index >= 15 is 0 Å². The lowest BCUT2D eigenvalue weighted by Crippen LogP contribution is -2.19. The molecule has 0 saturated carbocycles. The molecule has 2 amide bonds. The fourth-order valence-corrected chi connectivity index (χ4v) is 6.01. The molecule has 0 spiro atoms. The molecule has 0 saturated heterocycles. The van der Waals surface area contributed by atoms with Crippen molar-refractivity contribution in [3.63, 3.8) is 0 Å². The summed E-state index contributed by atoms with van der Waals surface area (Å²) in [5.74, 6) is -0.178. The number of hydrogen-bond acceptors (Lipinski definition) is 7. The minimum Gasteiger partial charge on any atom is -0.496 e. The zero-order valence-corrected chi connectivity index (χ0v) is 24.3. The van der Waals surface area contributed by atoms with Gasteiger partial charge in [-0.05, 0) is 60.2 Å². The molecule has 42 heavy (non-hydrogen) atoms. The van der Waals surface area contributed by atoms with E-state index in [1.165, 1.54) is 49.5 Å². The van der Waals surface area contributed by atoms with Crippen LogP contribution in [0.1, 0.15) is 21.2 Å². The first-order valence-electron chi connectivity index (χ1n) is 12.8. The molecule has 0 aliphatic rings. The normalized spacial score (nSPS) is 11.4. The summed E-state index contributed by atoms with van der Waals surface area (Å²) in [6.45, 7) is 0. The number of carbonyl (C=O) groups excluding carboxylic acids is 2. The molecule has 0 aliphatic heterocycles. The smallest absolute Gasteiger partial charge is 0.263 e. The summed E-state index contributed by atoms with van der Waals surface area (Å²) in [4.78, 5) is 32.1. The zero-order valence-electron chi connectivity index (χ0n) is 22.7. The number of rotatable bonds is 10. The summed E-state index contributed by atoms with van der Waals surface area (Å²) in [6, 6.07) is 27.9. The Morgan fingerprint density at radius 3 is 2.24 bits per heavy atom. The molecule has 2 N–H and O–H groups in total. The van der Waals surface area contributed by atoms with Gasteiger partial charge in [0.25, 0.3) is 5.91 Å². The van der Waals surface area contributed by atoms with E-state index in [0.717, 1.165) is 16.0 Å². The van der Waals surface area contributed by atoms with Crippen LogP contribution in [0.5, 0.6) is 11.5 Å². The van der Waals surface area contributed by atoms with E-state index in [2.05, 4.69) is 15.6 Å². The van der Waals surface area contributed by atoms with Crippen molar-refractivity contribution in [2.75, 3.05) is 24.9 Å². The number of thiazole rings is 1. The van der Waals surface area contributed by atoms with Gasteiger partial charge in [0.1, 0.15) is 28.1 Å². The van der Waals surface area contributed by atoms with Gasteiger partial charge in [0.2, 0.25) is 5.91 Å². The molecule has 1 atom stereocenters. The molecule has 0 fully saturated rings. The molecule has 1 aromatic heterocycles. The summed E-state index contributed by atoms with van der Waals surface area (Å²) in [5.41, 5.74) is 3.05. The fourth-order valence-electron chi connectivity index (χ4n) is 4.21. The predicted molar refractivity (Wildman–Crippen MR) is 165 cm³/mol. The van der Waals surface area contributed by atoms with Gasteiger partial charge in [0.05, 0.1) is 19.9 Å². The van der Waals surface area contributed by atoms with Crippen LogP contribution in [0.15, 0.2) is 107 Å². The Bertz CT molecular complexity index is 1670. The number of aromatic nitrogens is 1. The van der Waals surface area contributed by atoms with E-state index in [4.69, 9.17) is 9.47 Å². The molecule has 5 aromatic rings. The van der Waals surface area contributed by atoms with Gasteiger partial charge in [-0.25, -0.2) is 9.37 Å². The third kappa shape index (κ3) is 6.79. The molecular weight excluding hydrogens is 574 g/mol. The van der Waals surface area contributed by atoms with Crippen LogP contribution in [-0.4, -0.2) is 31.0 Å². The zero-order chi connectivity index (χ0) is 29.5. The van der Waals surface area contributed by atoms with E-state index in [1.807, 2.05) is 53.9 Å². The molecule has 1 unspecified atom stereocenters. The molecule has 0 bridgehead atoms. The second-order valence-electron chi connectivity index (χ2n) is 8.96. The maximum atomic E-state index is 13.6. The molecule has 4 aromatic carbocycles. The first-order valence-corrected chi connectivity index (χ1v) is 14.6. The Labute approximate surface area is 250 Å². The number of amides is 2. The first kappa shape index (κ1) is 28.8. The number of nitrogens with one attached hydrogen (secondary N) is 2. The minimum atomic E-state index is -0.607. The van der Waals surface area contributed by atoms with Crippen molar-refractivity contribution in [3.8, 4) is 22.8 Å². The van der Waals surface area contributed by atoms with Gasteiger partial charge in [-0.15, -0.1) is 23.1 Å². The van der Waals surface area contributed by atoms with Crippen molar-refractivity contribution in [3.05, 3.63) is 119 Å².